The van der Waals surface area contributed by atoms with Gasteiger partial charge in [0.1, 0.15) is 0 Å². The number of benzene rings is 1. The van der Waals surface area contributed by atoms with Crippen molar-refractivity contribution in [3.05, 3.63) is 41.2 Å². The molecule has 0 unspecified atom stereocenters. The van der Waals surface area contributed by atoms with E-state index >= 15 is 0 Å². The maximum atomic E-state index is 10.8. The molecular weight excluding hydrogens is 216 g/mol. The quantitative estimate of drug-likeness (QED) is 0.820. The van der Waals surface area contributed by atoms with E-state index in [-0.39, 0.29) is 5.69 Å². The first-order valence-corrected chi connectivity index (χ1v) is 4.59. The third-order valence-corrected chi connectivity index (χ3v) is 2.26. The van der Waals surface area contributed by atoms with Gasteiger partial charge in [0, 0.05) is 10.6 Å². The van der Waals surface area contributed by atoms with Crippen LogP contribution in [0.3, 0.4) is 0 Å². The van der Waals surface area contributed by atoms with Gasteiger partial charge in [0.15, 0.2) is 5.69 Å². The monoisotopic (exact) mass is 222 g/mol. The summed E-state index contributed by atoms with van der Waals surface area (Å²) in [5, 5.41) is 15.6. The van der Waals surface area contributed by atoms with E-state index in [1.165, 1.54) is 6.20 Å². The molecule has 0 spiro atoms. The van der Waals surface area contributed by atoms with Crippen molar-refractivity contribution in [2.75, 3.05) is 0 Å². The Morgan fingerprint density at radius 3 is 2.60 bits per heavy atom. The van der Waals surface area contributed by atoms with E-state index in [1.807, 2.05) is 0 Å². The molecule has 0 radical (unpaired) electrons. The Kier molecular flexibility index (Phi) is 2.43. The highest BCUT2D eigenvalue weighted by molar-refractivity contribution is 6.30. The average molecular weight is 223 g/mol. The predicted molar refractivity (Wildman–Crippen MR) is 56.0 cm³/mol. The lowest BCUT2D eigenvalue weighted by Gasteiger charge is -1.99. The number of carbonyl (C=O) groups is 1. The Balaban J connectivity index is 2.49. The van der Waals surface area contributed by atoms with Crippen LogP contribution in [0.1, 0.15) is 10.5 Å². The van der Waals surface area contributed by atoms with Crippen LogP contribution in [0.5, 0.6) is 0 Å². The minimum Gasteiger partial charge on any atom is -0.477 e. The second kappa shape index (κ2) is 3.74. The Morgan fingerprint density at radius 2 is 2.00 bits per heavy atom. The lowest BCUT2D eigenvalue weighted by Crippen LogP contribution is -1.98. The molecule has 5 heteroatoms. The van der Waals surface area contributed by atoms with Crippen LogP contribution in [-0.4, -0.2) is 21.3 Å². The van der Waals surface area contributed by atoms with Crippen LogP contribution in [0.4, 0.5) is 0 Å². The molecule has 1 aromatic carbocycles. The van der Waals surface area contributed by atoms with Gasteiger partial charge in [-0.1, -0.05) is 23.7 Å². The molecule has 4 nitrogen and oxygen atoms in total. The fourth-order valence-corrected chi connectivity index (χ4v) is 1.42. The number of nitrogens with zero attached hydrogens (tertiary/aromatic N) is 1. The van der Waals surface area contributed by atoms with Gasteiger partial charge in [0.05, 0.1) is 6.20 Å². The van der Waals surface area contributed by atoms with Gasteiger partial charge in [-0.25, -0.2) is 4.79 Å². The van der Waals surface area contributed by atoms with Gasteiger partial charge in [-0.3, -0.25) is 5.10 Å². The molecule has 0 atom stereocenters. The van der Waals surface area contributed by atoms with Crippen molar-refractivity contribution >= 4 is 17.6 Å². The Morgan fingerprint density at radius 1 is 1.33 bits per heavy atom. The van der Waals surface area contributed by atoms with E-state index in [2.05, 4.69) is 10.2 Å². The molecule has 0 saturated heterocycles. The van der Waals surface area contributed by atoms with E-state index in [0.29, 0.717) is 10.6 Å². The van der Waals surface area contributed by atoms with Crippen LogP contribution in [-0.2, 0) is 0 Å². The number of halogens is 1. The minimum absolute atomic E-state index is 0.0809. The van der Waals surface area contributed by atoms with Crippen molar-refractivity contribution in [1.82, 2.24) is 10.2 Å². The summed E-state index contributed by atoms with van der Waals surface area (Å²) < 4.78 is 0. The van der Waals surface area contributed by atoms with Crippen molar-refractivity contribution in [3.63, 3.8) is 0 Å². The number of nitrogens with one attached hydrogen (secondary N) is 1. The first-order chi connectivity index (χ1) is 7.18. The van der Waals surface area contributed by atoms with Gasteiger partial charge in [-0.15, -0.1) is 0 Å². The highest BCUT2D eigenvalue weighted by Gasteiger charge is 2.13. The number of aromatic amines is 1. The first-order valence-electron chi connectivity index (χ1n) is 4.21. The average Bonchev–Trinajstić information content (AvgIpc) is 2.67. The van der Waals surface area contributed by atoms with Crippen LogP contribution in [0.2, 0.25) is 5.02 Å². The van der Waals surface area contributed by atoms with E-state index in [1.54, 1.807) is 24.3 Å². The van der Waals surface area contributed by atoms with Crippen molar-refractivity contribution < 1.29 is 9.90 Å². The van der Waals surface area contributed by atoms with Crippen molar-refractivity contribution in [3.8, 4) is 11.1 Å². The van der Waals surface area contributed by atoms with E-state index in [0.717, 1.165) is 5.56 Å². The number of carboxylic acid groups (broad SMARTS) is 1. The molecule has 0 bridgehead atoms. The second-order valence-corrected chi connectivity index (χ2v) is 3.41. The summed E-state index contributed by atoms with van der Waals surface area (Å²) in [4.78, 5) is 10.8. The third-order valence-electron chi connectivity index (χ3n) is 2.01. The molecule has 0 saturated carbocycles. The zero-order valence-corrected chi connectivity index (χ0v) is 8.32. The number of hydrogen-bond donors (Lipinski definition) is 2. The Hall–Kier alpha value is -1.81. The molecule has 2 aromatic rings. The number of aromatic carboxylic acids is 1. The largest absolute Gasteiger partial charge is 0.477 e. The van der Waals surface area contributed by atoms with Crippen molar-refractivity contribution in [1.29, 1.82) is 0 Å². The highest BCUT2D eigenvalue weighted by Crippen LogP contribution is 2.23. The SMILES string of the molecule is O=C(O)c1[nH]ncc1-c1ccc(Cl)cc1. The number of carboxylic acids is 1. The van der Waals surface area contributed by atoms with E-state index in [9.17, 15) is 4.79 Å². The second-order valence-electron chi connectivity index (χ2n) is 2.97. The van der Waals surface area contributed by atoms with Gasteiger partial charge in [-0.2, -0.15) is 5.10 Å². The Bertz CT molecular complexity index is 490. The van der Waals surface area contributed by atoms with Crippen LogP contribution < -0.4 is 0 Å². The first kappa shape index (κ1) is 9.73. The predicted octanol–water partition coefficient (Wildman–Crippen LogP) is 2.43. The molecule has 1 aromatic heterocycles. The molecule has 0 amide bonds. The van der Waals surface area contributed by atoms with E-state index in [4.69, 9.17) is 16.7 Å². The number of hydrogen-bond acceptors (Lipinski definition) is 2. The van der Waals surface area contributed by atoms with Gasteiger partial charge in [0.25, 0.3) is 0 Å². The van der Waals surface area contributed by atoms with E-state index < -0.39 is 5.97 Å². The molecule has 2 N–H and O–H groups in total. The zero-order valence-electron chi connectivity index (χ0n) is 7.57. The standard InChI is InChI=1S/C10H7ClN2O2/c11-7-3-1-6(2-4-7)8-5-12-13-9(8)10(14)15/h1-5H,(H,12,13)(H,14,15). The van der Waals surface area contributed by atoms with Crippen LogP contribution in [0.15, 0.2) is 30.5 Å². The topological polar surface area (TPSA) is 66.0 Å². The highest BCUT2D eigenvalue weighted by atomic mass is 35.5. The smallest absolute Gasteiger partial charge is 0.354 e. The number of H-pyrrole nitrogens is 1. The molecule has 2 rings (SSSR count). The molecule has 0 aliphatic heterocycles. The van der Waals surface area contributed by atoms with Gasteiger partial charge >= 0.3 is 5.97 Å². The summed E-state index contributed by atoms with van der Waals surface area (Å²) in [6.45, 7) is 0. The van der Waals surface area contributed by atoms with Crippen LogP contribution in [0.25, 0.3) is 11.1 Å². The molecule has 0 aliphatic carbocycles. The summed E-state index contributed by atoms with van der Waals surface area (Å²) in [7, 11) is 0. The van der Waals surface area contributed by atoms with Crippen LogP contribution >= 0.6 is 11.6 Å². The molecular formula is C10H7ClN2O2. The van der Waals surface area contributed by atoms with Crippen LogP contribution in [0, 0.1) is 0 Å². The molecule has 1 heterocycles. The summed E-state index contributed by atoms with van der Waals surface area (Å²) in [5.41, 5.74) is 1.40. The maximum Gasteiger partial charge on any atom is 0.354 e. The van der Waals surface area contributed by atoms with Crippen molar-refractivity contribution in [2.24, 2.45) is 0 Å². The molecule has 76 valence electrons. The van der Waals surface area contributed by atoms with Gasteiger partial charge < -0.3 is 5.11 Å². The number of rotatable bonds is 2. The van der Waals surface area contributed by atoms with Crippen molar-refractivity contribution in [2.45, 2.75) is 0 Å². The Labute approximate surface area is 90.5 Å². The minimum atomic E-state index is -1.03. The maximum absolute atomic E-state index is 10.8. The molecule has 15 heavy (non-hydrogen) atoms. The third kappa shape index (κ3) is 1.85. The fourth-order valence-electron chi connectivity index (χ4n) is 1.30. The zero-order chi connectivity index (χ0) is 10.8. The summed E-state index contributed by atoms with van der Waals surface area (Å²) in [6.07, 6.45) is 1.48. The van der Waals surface area contributed by atoms with Gasteiger partial charge in [0.2, 0.25) is 0 Å². The molecule has 0 fully saturated rings. The fraction of sp³-hybridized carbons (Fsp3) is 0. The van der Waals surface area contributed by atoms with Gasteiger partial charge in [-0.05, 0) is 17.7 Å². The lowest BCUT2D eigenvalue weighted by atomic mass is 10.1. The number of aromatic nitrogens is 2. The lowest BCUT2D eigenvalue weighted by molar-refractivity contribution is 0.0691. The summed E-state index contributed by atoms with van der Waals surface area (Å²) in [5.74, 6) is -1.03. The summed E-state index contributed by atoms with van der Waals surface area (Å²) >= 11 is 5.74. The normalized spacial score (nSPS) is 10.2. The summed E-state index contributed by atoms with van der Waals surface area (Å²) in [6, 6.07) is 6.91. The molecule has 0 aliphatic rings.